The van der Waals surface area contributed by atoms with Crippen molar-refractivity contribution in [1.29, 1.82) is 0 Å². The van der Waals surface area contributed by atoms with Crippen LogP contribution in [0.15, 0.2) is 60.2 Å². The highest BCUT2D eigenvalue weighted by Gasteiger charge is 2.41. The molecule has 0 saturated heterocycles. The third-order valence-electron chi connectivity index (χ3n) is 7.45. The number of carbonyl (C=O) groups excluding carboxylic acids is 2. The van der Waals surface area contributed by atoms with E-state index in [2.05, 4.69) is 27.9 Å². The first-order chi connectivity index (χ1) is 18.4. The van der Waals surface area contributed by atoms with Gasteiger partial charge in [-0.05, 0) is 72.0 Å². The fourth-order valence-corrected chi connectivity index (χ4v) is 5.84. The lowest BCUT2D eigenvalue weighted by atomic mass is 9.87. The fraction of sp³-hybridized carbons (Fsp3) is 0.467. The lowest BCUT2D eigenvalue weighted by molar-refractivity contribution is -0.140. The number of hydrogen-bond acceptors (Lipinski definition) is 5. The van der Waals surface area contributed by atoms with Crippen molar-refractivity contribution in [3.8, 4) is 5.75 Å². The monoisotopic (exact) mass is 632 g/mol. The van der Waals surface area contributed by atoms with E-state index in [1.807, 2.05) is 55.5 Å². The lowest BCUT2D eigenvalue weighted by Crippen LogP contribution is -2.55. The Hall–Kier alpha value is -2.43. The highest BCUT2D eigenvalue weighted by molar-refractivity contribution is 14.1. The number of aliphatic hydroxyl groups is 2. The third kappa shape index (κ3) is 7.36. The number of nitrogens with zero attached hydrogens (tertiary/aromatic N) is 1. The van der Waals surface area contributed by atoms with Gasteiger partial charge in [0.1, 0.15) is 18.0 Å². The molecule has 204 valence electrons. The average Bonchev–Trinajstić information content (AvgIpc) is 3.42. The molecule has 0 heterocycles. The van der Waals surface area contributed by atoms with Crippen molar-refractivity contribution >= 4 is 34.4 Å². The van der Waals surface area contributed by atoms with E-state index in [1.165, 1.54) is 0 Å². The zero-order valence-electron chi connectivity index (χ0n) is 21.8. The molecule has 4 rings (SSSR count). The van der Waals surface area contributed by atoms with Crippen LogP contribution in [0.5, 0.6) is 5.75 Å². The first-order valence-corrected chi connectivity index (χ1v) is 14.5. The van der Waals surface area contributed by atoms with Crippen LogP contribution >= 0.6 is 22.6 Å². The summed E-state index contributed by atoms with van der Waals surface area (Å²) in [5.74, 6) is 0.619. The minimum atomic E-state index is -1.03. The molecule has 0 spiro atoms. The summed E-state index contributed by atoms with van der Waals surface area (Å²) >= 11 is 2.18. The van der Waals surface area contributed by atoms with E-state index in [-0.39, 0.29) is 31.4 Å². The second-order valence-corrected chi connectivity index (χ2v) is 11.5. The predicted molar refractivity (Wildman–Crippen MR) is 154 cm³/mol. The number of hydrogen-bond donors (Lipinski definition) is 3. The number of para-hydroxylation sites is 1. The zero-order chi connectivity index (χ0) is 27.1. The van der Waals surface area contributed by atoms with Crippen LogP contribution in [0.25, 0.3) is 0 Å². The van der Waals surface area contributed by atoms with E-state index in [9.17, 15) is 19.8 Å². The number of ether oxygens (including phenoxy) is 1. The van der Waals surface area contributed by atoms with Gasteiger partial charge in [-0.2, -0.15) is 0 Å². The van der Waals surface area contributed by atoms with E-state index in [0.29, 0.717) is 30.2 Å². The number of halogens is 1. The molecule has 2 aromatic rings. The van der Waals surface area contributed by atoms with Crippen LogP contribution in [0.2, 0.25) is 0 Å². The van der Waals surface area contributed by atoms with Crippen molar-refractivity contribution in [2.45, 2.75) is 70.2 Å². The average molecular weight is 633 g/mol. The van der Waals surface area contributed by atoms with E-state index in [4.69, 9.17) is 4.74 Å². The summed E-state index contributed by atoms with van der Waals surface area (Å²) in [6.45, 7) is 2.31. The molecule has 7 nitrogen and oxygen atoms in total. The summed E-state index contributed by atoms with van der Waals surface area (Å²) in [5.41, 5.74) is 2.54. The molecular weight excluding hydrogens is 595 g/mol. The van der Waals surface area contributed by atoms with Crippen LogP contribution < -0.4 is 10.1 Å². The van der Waals surface area contributed by atoms with Crippen molar-refractivity contribution in [3.05, 3.63) is 74.9 Å². The molecule has 0 unspecified atom stereocenters. The molecule has 38 heavy (non-hydrogen) atoms. The Morgan fingerprint density at radius 2 is 1.82 bits per heavy atom. The minimum Gasteiger partial charge on any atom is -0.482 e. The maximum Gasteiger partial charge on any atom is 0.247 e. The van der Waals surface area contributed by atoms with E-state index in [0.717, 1.165) is 40.4 Å². The predicted octanol–water partition coefficient (Wildman–Crippen LogP) is 4.12. The van der Waals surface area contributed by atoms with Crippen LogP contribution in [0, 0.1) is 16.4 Å². The molecule has 2 aliphatic rings. The van der Waals surface area contributed by atoms with Gasteiger partial charge in [0.15, 0.2) is 0 Å². The van der Waals surface area contributed by atoms with Gasteiger partial charge in [0.05, 0.1) is 16.2 Å². The highest BCUT2D eigenvalue weighted by Crippen LogP contribution is 2.33. The number of amides is 2. The Morgan fingerprint density at radius 1 is 1.11 bits per heavy atom. The highest BCUT2D eigenvalue weighted by atomic mass is 127. The lowest BCUT2D eigenvalue weighted by Gasteiger charge is -2.41. The van der Waals surface area contributed by atoms with Gasteiger partial charge >= 0.3 is 0 Å². The van der Waals surface area contributed by atoms with Gasteiger partial charge in [0, 0.05) is 31.5 Å². The van der Waals surface area contributed by atoms with Gasteiger partial charge in [0.2, 0.25) is 11.8 Å². The summed E-state index contributed by atoms with van der Waals surface area (Å²) in [4.78, 5) is 28.6. The maximum absolute atomic E-state index is 13.8. The van der Waals surface area contributed by atoms with Gasteiger partial charge < -0.3 is 25.2 Å². The molecule has 0 radical (unpaired) electrons. The second-order valence-electron chi connectivity index (χ2n) is 10.3. The number of rotatable bonds is 10. The molecule has 8 heteroatoms. The molecule has 2 aromatic carbocycles. The number of aryl methyl sites for hydroxylation is 1. The summed E-state index contributed by atoms with van der Waals surface area (Å²) in [5, 5.41) is 23.6. The summed E-state index contributed by atoms with van der Waals surface area (Å²) < 4.78 is 7.12. The number of nitrogens with one attached hydrogen (secondary N) is 1. The van der Waals surface area contributed by atoms with Crippen molar-refractivity contribution in [1.82, 2.24) is 10.2 Å². The standard InChI is InChI=1S/C30H37IN2O5/c1-20-10-12-22(13-11-20)19-33(28(35)16-21-6-2-3-7-21)25-17-23(30(37)32-14-15-34)18-27(29(25)36)38-26-9-5-4-8-24(26)31/h4-5,8-13,18,21,25,27,29,34,36H,2-3,6-7,14-17,19H2,1H3,(H,32,37)/t25-,27+,29+/m1/s1. The smallest absolute Gasteiger partial charge is 0.247 e. The molecule has 3 atom stereocenters. The van der Waals surface area contributed by atoms with Crippen molar-refractivity contribution in [2.24, 2.45) is 5.92 Å². The molecule has 2 aliphatic carbocycles. The molecule has 2 amide bonds. The van der Waals surface area contributed by atoms with Crippen molar-refractivity contribution in [2.75, 3.05) is 13.2 Å². The fourth-order valence-electron chi connectivity index (χ4n) is 5.33. The van der Waals surface area contributed by atoms with Crippen LogP contribution in [-0.2, 0) is 16.1 Å². The first kappa shape index (κ1) is 28.6. The Bertz CT molecular complexity index is 1130. The van der Waals surface area contributed by atoms with Gasteiger partial charge in [-0.15, -0.1) is 0 Å². The molecule has 0 bridgehead atoms. The Labute approximate surface area is 238 Å². The molecule has 3 N–H and O–H groups in total. The van der Waals surface area contributed by atoms with Gasteiger partial charge in [-0.25, -0.2) is 0 Å². The first-order valence-electron chi connectivity index (χ1n) is 13.4. The largest absolute Gasteiger partial charge is 0.482 e. The SMILES string of the molecule is Cc1ccc(CN(C(=O)CC2CCCC2)[C@@H]2CC(C(=O)NCCO)=C[C@H](Oc3ccccc3I)[C@H]2O)cc1. The molecule has 1 saturated carbocycles. The van der Waals surface area contributed by atoms with Gasteiger partial charge in [-0.3, -0.25) is 9.59 Å². The van der Waals surface area contributed by atoms with Gasteiger partial charge in [0.25, 0.3) is 0 Å². The van der Waals surface area contributed by atoms with Gasteiger partial charge in [-0.1, -0.05) is 54.8 Å². The van der Waals surface area contributed by atoms with Crippen LogP contribution in [0.3, 0.4) is 0 Å². The number of benzene rings is 2. The van der Waals surface area contributed by atoms with E-state index < -0.39 is 18.2 Å². The van der Waals surface area contributed by atoms with E-state index in [1.54, 1.807) is 11.0 Å². The quantitative estimate of drug-likeness (QED) is 0.343. The summed E-state index contributed by atoms with van der Waals surface area (Å²) in [6.07, 6.45) is 4.82. The summed E-state index contributed by atoms with van der Waals surface area (Å²) in [6, 6.07) is 14.9. The number of carbonyl (C=O) groups is 2. The van der Waals surface area contributed by atoms with Crippen molar-refractivity contribution in [3.63, 3.8) is 0 Å². The minimum absolute atomic E-state index is 0.00779. The van der Waals surface area contributed by atoms with E-state index >= 15 is 0 Å². The molecule has 0 aliphatic heterocycles. The van der Waals surface area contributed by atoms with Crippen LogP contribution in [-0.4, -0.2) is 58.3 Å². The normalized spacial score (nSPS) is 21.6. The summed E-state index contributed by atoms with van der Waals surface area (Å²) in [7, 11) is 0. The number of aliphatic hydroxyl groups excluding tert-OH is 2. The zero-order valence-corrected chi connectivity index (χ0v) is 24.0. The van der Waals surface area contributed by atoms with Crippen molar-refractivity contribution < 1.29 is 24.5 Å². The molecule has 1 fully saturated rings. The Kier molecular flexibility index (Phi) is 10.2. The topological polar surface area (TPSA) is 99.1 Å². The third-order valence-corrected chi connectivity index (χ3v) is 8.34. The Balaban J connectivity index is 1.66. The maximum atomic E-state index is 13.8. The van der Waals surface area contributed by atoms with Crippen LogP contribution in [0.4, 0.5) is 0 Å². The molecule has 0 aromatic heterocycles. The second kappa shape index (κ2) is 13.6. The molecular formula is C30H37IN2O5. The van der Waals surface area contributed by atoms with Crippen LogP contribution in [0.1, 0.15) is 49.7 Å². The Morgan fingerprint density at radius 3 is 2.50 bits per heavy atom.